The van der Waals surface area contributed by atoms with Crippen molar-refractivity contribution < 1.29 is 0 Å². The third-order valence-corrected chi connectivity index (χ3v) is 5.96. The van der Waals surface area contributed by atoms with E-state index in [4.69, 9.17) is 0 Å². The maximum absolute atomic E-state index is 4.54. The molecule has 7 nitrogen and oxygen atoms in total. The fourth-order valence-corrected chi connectivity index (χ4v) is 4.65. The van der Waals surface area contributed by atoms with E-state index in [-0.39, 0.29) is 0 Å². The van der Waals surface area contributed by atoms with E-state index in [1.165, 1.54) is 4.70 Å². The van der Waals surface area contributed by atoms with Gasteiger partial charge in [0.2, 0.25) is 0 Å². The number of anilines is 1. The van der Waals surface area contributed by atoms with Crippen LogP contribution in [0.5, 0.6) is 0 Å². The van der Waals surface area contributed by atoms with Gasteiger partial charge in [-0.15, -0.1) is 11.3 Å². The molecule has 2 aliphatic rings. The summed E-state index contributed by atoms with van der Waals surface area (Å²) < 4.78 is 3.32. The van der Waals surface area contributed by atoms with Crippen LogP contribution >= 0.6 is 11.3 Å². The van der Waals surface area contributed by atoms with Crippen molar-refractivity contribution in [3.05, 3.63) is 29.9 Å². The van der Waals surface area contributed by atoms with Crippen LogP contribution in [0.2, 0.25) is 0 Å². The zero-order valence-corrected chi connectivity index (χ0v) is 14.2. The van der Waals surface area contributed by atoms with Crippen LogP contribution in [0.25, 0.3) is 10.2 Å². The van der Waals surface area contributed by atoms with Crippen LogP contribution < -0.4 is 4.90 Å². The second-order valence-electron chi connectivity index (χ2n) is 6.43. The highest BCUT2D eigenvalue weighted by molar-refractivity contribution is 7.17. The number of aromatic nitrogens is 5. The van der Waals surface area contributed by atoms with Gasteiger partial charge in [0.15, 0.2) is 0 Å². The largest absolute Gasteiger partial charge is 0.353 e. The highest BCUT2D eigenvalue weighted by Crippen LogP contribution is 2.29. The molecule has 2 aliphatic heterocycles. The SMILES string of the molecule is c1nc(N2CCN(CC3CCc4ncnn43)CC2)c2sccc2n1. The molecule has 1 saturated heterocycles. The first kappa shape index (κ1) is 14.3. The molecule has 0 aliphatic carbocycles. The number of hydrogen-bond acceptors (Lipinski definition) is 7. The van der Waals surface area contributed by atoms with Gasteiger partial charge in [-0.1, -0.05) is 0 Å². The Morgan fingerprint density at radius 1 is 1.08 bits per heavy atom. The van der Waals surface area contributed by atoms with Gasteiger partial charge >= 0.3 is 0 Å². The number of piperazine rings is 1. The predicted octanol–water partition coefficient (Wildman–Crippen LogP) is 1.59. The summed E-state index contributed by atoms with van der Waals surface area (Å²) in [6.07, 6.45) is 5.59. The molecule has 24 heavy (non-hydrogen) atoms. The van der Waals surface area contributed by atoms with Crippen LogP contribution in [-0.2, 0) is 6.42 Å². The number of thiophene rings is 1. The van der Waals surface area contributed by atoms with E-state index in [1.807, 2.05) is 0 Å². The Morgan fingerprint density at radius 2 is 2.00 bits per heavy atom. The molecule has 0 spiro atoms. The second kappa shape index (κ2) is 5.78. The molecule has 3 aromatic heterocycles. The summed E-state index contributed by atoms with van der Waals surface area (Å²) >= 11 is 1.73. The van der Waals surface area contributed by atoms with Gasteiger partial charge < -0.3 is 4.90 Å². The molecule has 0 amide bonds. The van der Waals surface area contributed by atoms with E-state index >= 15 is 0 Å². The zero-order valence-electron chi connectivity index (χ0n) is 13.4. The lowest BCUT2D eigenvalue weighted by Gasteiger charge is -2.36. The molecule has 5 rings (SSSR count). The van der Waals surface area contributed by atoms with E-state index in [0.717, 1.165) is 62.7 Å². The molecule has 0 N–H and O–H groups in total. The molecular formula is C16H19N7S. The Bertz CT molecular complexity index is 849. The lowest BCUT2D eigenvalue weighted by Crippen LogP contribution is -2.48. The molecule has 8 heteroatoms. The Morgan fingerprint density at radius 3 is 2.92 bits per heavy atom. The van der Waals surface area contributed by atoms with Gasteiger partial charge in [-0.25, -0.2) is 19.6 Å². The number of nitrogens with zero attached hydrogens (tertiary/aromatic N) is 7. The van der Waals surface area contributed by atoms with Crippen molar-refractivity contribution in [3.8, 4) is 0 Å². The highest BCUT2D eigenvalue weighted by Gasteiger charge is 2.28. The van der Waals surface area contributed by atoms with Gasteiger partial charge in [-0.05, 0) is 17.9 Å². The number of rotatable bonds is 3. The average molecular weight is 341 g/mol. The minimum absolute atomic E-state index is 0.483. The molecule has 3 aromatic rings. The second-order valence-corrected chi connectivity index (χ2v) is 7.35. The maximum atomic E-state index is 4.54. The molecular weight excluding hydrogens is 322 g/mol. The summed E-state index contributed by atoms with van der Waals surface area (Å²) in [6, 6.07) is 2.55. The Balaban J connectivity index is 1.26. The first-order chi connectivity index (χ1) is 11.9. The molecule has 1 fully saturated rings. The third kappa shape index (κ3) is 2.37. The minimum atomic E-state index is 0.483. The van der Waals surface area contributed by atoms with Gasteiger partial charge in [-0.3, -0.25) is 4.90 Å². The van der Waals surface area contributed by atoms with Crippen LogP contribution in [0.4, 0.5) is 5.82 Å². The van der Waals surface area contributed by atoms with Crippen molar-refractivity contribution >= 4 is 27.4 Å². The minimum Gasteiger partial charge on any atom is -0.353 e. The summed E-state index contributed by atoms with van der Waals surface area (Å²) in [4.78, 5) is 18.2. The zero-order chi connectivity index (χ0) is 15.9. The van der Waals surface area contributed by atoms with Crippen molar-refractivity contribution in [2.45, 2.75) is 18.9 Å². The van der Waals surface area contributed by atoms with Gasteiger partial charge in [0.1, 0.15) is 24.3 Å². The van der Waals surface area contributed by atoms with Crippen molar-refractivity contribution in [2.75, 3.05) is 37.6 Å². The van der Waals surface area contributed by atoms with Crippen LogP contribution in [0.1, 0.15) is 18.3 Å². The van der Waals surface area contributed by atoms with Crippen LogP contribution in [0.3, 0.4) is 0 Å². The van der Waals surface area contributed by atoms with Crippen molar-refractivity contribution in [1.82, 2.24) is 29.6 Å². The van der Waals surface area contributed by atoms with Crippen LogP contribution in [-0.4, -0.2) is 62.4 Å². The summed E-state index contributed by atoms with van der Waals surface area (Å²) in [5, 5.41) is 6.48. The van der Waals surface area contributed by atoms with E-state index < -0.39 is 0 Å². The standard InChI is InChI=1S/C16H19N7S/c1-2-14-18-11-20-23(14)12(1)9-21-4-6-22(7-5-21)16-15-13(3-8-24-15)17-10-19-16/h3,8,10-12H,1-2,4-7,9H2. The third-order valence-electron chi connectivity index (χ3n) is 5.06. The maximum Gasteiger partial charge on any atom is 0.150 e. The summed E-state index contributed by atoms with van der Waals surface area (Å²) in [7, 11) is 0. The quantitative estimate of drug-likeness (QED) is 0.721. The number of aryl methyl sites for hydroxylation is 1. The van der Waals surface area contributed by atoms with E-state index in [2.05, 4.69) is 46.0 Å². The topological polar surface area (TPSA) is 63.0 Å². The molecule has 1 atom stereocenters. The van der Waals surface area contributed by atoms with Crippen molar-refractivity contribution in [3.63, 3.8) is 0 Å². The average Bonchev–Trinajstić information content (AvgIpc) is 3.33. The first-order valence-corrected chi connectivity index (χ1v) is 9.30. The Labute approximate surface area is 144 Å². The normalized spacial score (nSPS) is 21.5. The van der Waals surface area contributed by atoms with E-state index in [0.29, 0.717) is 6.04 Å². The fourth-order valence-electron chi connectivity index (χ4n) is 3.79. The Kier molecular flexibility index (Phi) is 3.45. The summed E-state index contributed by atoms with van der Waals surface area (Å²) in [6.45, 7) is 5.24. The number of hydrogen-bond donors (Lipinski definition) is 0. The van der Waals surface area contributed by atoms with Crippen LogP contribution in [0, 0.1) is 0 Å². The van der Waals surface area contributed by atoms with Gasteiger partial charge in [0, 0.05) is 39.1 Å². The van der Waals surface area contributed by atoms with Crippen LogP contribution in [0.15, 0.2) is 24.1 Å². The highest BCUT2D eigenvalue weighted by atomic mass is 32.1. The number of fused-ring (bicyclic) bond motifs is 2. The molecule has 124 valence electrons. The van der Waals surface area contributed by atoms with E-state index in [1.54, 1.807) is 24.0 Å². The monoisotopic (exact) mass is 341 g/mol. The first-order valence-electron chi connectivity index (χ1n) is 8.42. The summed E-state index contributed by atoms with van der Waals surface area (Å²) in [5.41, 5.74) is 1.05. The summed E-state index contributed by atoms with van der Waals surface area (Å²) in [5.74, 6) is 2.23. The molecule has 0 aromatic carbocycles. The Hall–Kier alpha value is -2.06. The fraction of sp³-hybridized carbons (Fsp3) is 0.500. The lowest BCUT2D eigenvalue weighted by atomic mass is 10.2. The lowest BCUT2D eigenvalue weighted by molar-refractivity contribution is 0.216. The van der Waals surface area contributed by atoms with Crippen molar-refractivity contribution in [1.29, 1.82) is 0 Å². The molecule has 1 unspecified atom stereocenters. The van der Waals surface area contributed by atoms with Crippen molar-refractivity contribution in [2.24, 2.45) is 0 Å². The molecule has 5 heterocycles. The molecule has 0 saturated carbocycles. The predicted molar refractivity (Wildman–Crippen MR) is 93.4 cm³/mol. The van der Waals surface area contributed by atoms with Gasteiger partial charge in [-0.2, -0.15) is 5.10 Å². The van der Waals surface area contributed by atoms with E-state index in [9.17, 15) is 0 Å². The molecule has 0 bridgehead atoms. The smallest absolute Gasteiger partial charge is 0.150 e. The van der Waals surface area contributed by atoms with Gasteiger partial charge in [0.25, 0.3) is 0 Å². The molecule has 0 radical (unpaired) electrons. The van der Waals surface area contributed by atoms with Gasteiger partial charge in [0.05, 0.1) is 16.3 Å².